The molecule has 0 saturated carbocycles. The van der Waals surface area contributed by atoms with E-state index in [9.17, 15) is 9.59 Å². The van der Waals surface area contributed by atoms with Crippen LogP contribution in [0.1, 0.15) is 12.5 Å². The summed E-state index contributed by atoms with van der Waals surface area (Å²) < 4.78 is 5.21. The Morgan fingerprint density at radius 3 is 2.38 bits per heavy atom. The average Bonchev–Trinajstić information content (AvgIpc) is 2.20. The van der Waals surface area contributed by atoms with Gasteiger partial charge < -0.3 is 15.6 Å². The van der Waals surface area contributed by atoms with Crippen LogP contribution in [0.2, 0.25) is 0 Å². The summed E-state index contributed by atoms with van der Waals surface area (Å²) in [6, 6.07) is 6.49. The Morgan fingerprint density at radius 2 is 1.94 bits per heavy atom. The summed E-state index contributed by atoms with van der Waals surface area (Å²) in [5.41, 5.74) is 5.71. The number of rotatable bonds is 5. The fourth-order valence-electron chi connectivity index (χ4n) is 1.12. The van der Waals surface area contributed by atoms with E-state index in [1.165, 1.54) is 0 Å². The highest BCUT2D eigenvalue weighted by molar-refractivity contribution is 5.78. The Morgan fingerprint density at radius 1 is 1.38 bits per heavy atom. The number of primary amides is 1. The van der Waals surface area contributed by atoms with Crippen molar-refractivity contribution in [2.75, 3.05) is 0 Å². The van der Waals surface area contributed by atoms with E-state index in [2.05, 4.69) is 0 Å². The SMILES string of the molecule is CC(Oc1ccc(CC(=O)O)cc1)C(N)=O. The molecule has 0 spiro atoms. The standard InChI is InChI=1S/C11H13NO4/c1-7(11(12)15)16-9-4-2-8(3-5-9)6-10(13)14/h2-5,7H,6H2,1H3,(H2,12,15)(H,13,14). The van der Waals surface area contributed by atoms with Crippen molar-refractivity contribution < 1.29 is 19.4 Å². The quantitative estimate of drug-likeness (QED) is 0.763. The second-order valence-corrected chi connectivity index (χ2v) is 3.38. The third kappa shape index (κ3) is 3.61. The molecule has 1 aromatic rings. The zero-order chi connectivity index (χ0) is 12.1. The van der Waals surface area contributed by atoms with E-state index in [4.69, 9.17) is 15.6 Å². The lowest BCUT2D eigenvalue weighted by molar-refractivity contribution is -0.136. The smallest absolute Gasteiger partial charge is 0.307 e. The number of aliphatic carboxylic acids is 1. The van der Waals surface area contributed by atoms with E-state index in [0.29, 0.717) is 11.3 Å². The van der Waals surface area contributed by atoms with Gasteiger partial charge in [-0.25, -0.2) is 0 Å². The van der Waals surface area contributed by atoms with Crippen LogP contribution in [0.4, 0.5) is 0 Å². The van der Waals surface area contributed by atoms with Gasteiger partial charge in [0.15, 0.2) is 6.10 Å². The molecule has 0 aliphatic heterocycles. The molecular weight excluding hydrogens is 210 g/mol. The summed E-state index contributed by atoms with van der Waals surface area (Å²) in [5, 5.41) is 8.56. The van der Waals surface area contributed by atoms with Gasteiger partial charge in [0, 0.05) is 0 Å². The van der Waals surface area contributed by atoms with Gasteiger partial charge >= 0.3 is 5.97 Å². The molecule has 0 bridgehead atoms. The van der Waals surface area contributed by atoms with E-state index in [1.807, 2.05) is 0 Å². The fraction of sp³-hybridized carbons (Fsp3) is 0.273. The highest BCUT2D eigenvalue weighted by Gasteiger charge is 2.09. The van der Waals surface area contributed by atoms with Gasteiger partial charge in [0.2, 0.25) is 0 Å². The molecule has 1 amide bonds. The molecule has 5 nitrogen and oxygen atoms in total. The van der Waals surface area contributed by atoms with Gasteiger partial charge in [0.25, 0.3) is 5.91 Å². The maximum atomic E-state index is 10.7. The lowest BCUT2D eigenvalue weighted by Crippen LogP contribution is -2.30. The number of carbonyl (C=O) groups excluding carboxylic acids is 1. The molecule has 0 aliphatic rings. The highest BCUT2D eigenvalue weighted by atomic mass is 16.5. The lowest BCUT2D eigenvalue weighted by Gasteiger charge is -2.11. The summed E-state index contributed by atoms with van der Waals surface area (Å²) in [4.78, 5) is 21.2. The molecule has 86 valence electrons. The summed E-state index contributed by atoms with van der Waals surface area (Å²) in [6.45, 7) is 1.55. The normalized spacial score (nSPS) is 11.8. The number of benzene rings is 1. The Hall–Kier alpha value is -2.04. The van der Waals surface area contributed by atoms with Crippen molar-refractivity contribution in [2.45, 2.75) is 19.4 Å². The molecule has 0 aliphatic carbocycles. The van der Waals surface area contributed by atoms with E-state index in [0.717, 1.165) is 0 Å². The molecule has 1 unspecified atom stereocenters. The molecule has 0 heterocycles. The minimum Gasteiger partial charge on any atom is -0.481 e. The number of carbonyl (C=O) groups is 2. The maximum Gasteiger partial charge on any atom is 0.307 e. The Labute approximate surface area is 92.8 Å². The van der Waals surface area contributed by atoms with Crippen LogP contribution in [0.15, 0.2) is 24.3 Å². The first-order chi connectivity index (χ1) is 7.49. The van der Waals surface area contributed by atoms with Crippen LogP contribution in [0.3, 0.4) is 0 Å². The molecular formula is C11H13NO4. The Bertz CT molecular complexity index is 385. The number of hydrogen-bond acceptors (Lipinski definition) is 3. The average molecular weight is 223 g/mol. The van der Waals surface area contributed by atoms with Crippen molar-refractivity contribution in [3.05, 3.63) is 29.8 Å². The van der Waals surface area contributed by atoms with Crippen molar-refractivity contribution in [1.82, 2.24) is 0 Å². The van der Waals surface area contributed by atoms with Crippen LogP contribution in [-0.4, -0.2) is 23.1 Å². The number of ether oxygens (including phenoxy) is 1. The Kier molecular flexibility index (Phi) is 3.88. The molecule has 0 saturated heterocycles. The first kappa shape index (κ1) is 12.0. The third-order valence-corrected chi connectivity index (χ3v) is 1.99. The molecule has 0 aromatic heterocycles. The number of hydrogen-bond donors (Lipinski definition) is 2. The summed E-state index contributed by atoms with van der Waals surface area (Å²) >= 11 is 0. The van der Waals surface area contributed by atoms with Crippen LogP contribution in [0.25, 0.3) is 0 Å². The van der Waals surface area contributed by atoms with E-state index in [-0.39, 0.29) is 6.42 Å². The van der Waals surface area contributed by atoms with Gasteiger partial charge in [0.1, 0.15) is 5.75 Å². The molecule has 1 rings (SSSR count). The third-order valence-electron chi connectivity index (χ3n) is 1.99. The van der Waals surface area contributed by atoms with Crippen molar-refractivity contribution in [1.29, 1.82) is 0 Å². The van der Waals surface area contributed by atoms with Gasteiger partial charge in [-0.1, -0.05) is 12.1 Å². The van der Waals surface area contributed by atoms with Crippen LogP contribution in [0.5, 0.6) is 5.75 Å². The summed E-state index contributed by atoms with van der Waals surface area (Å²) in [7, 11) is 0. The van der Waals surface area contributed by atoms with Crippen LogP contribution in [-0.2, 0) is 16.0 Å². The van der Waals surface area contributed by atoms with Crippen molar-refractivity contribution in [2.24, 2.45) is 5.73 Å². The van der Waals surface area contributed by atoms with Gasteiger partial charge in [-0.15, -0.1) is 0 Å². The topological polar surface area (TPSA) is 89.6 Å². The second-order valence-electron chi connectivity index (χ2n) is 3.38. The largest absolute Gasteiger partial charge is 0.481 e. The number of carboxylic acid groups (broad SMARTS) is 1. The van der Waals surface area contributed by atoms with E-state index < -0.39 is 18.0 Å². The maximum absolute atomic E-state index is 10.7. The molecule has 0 fully saturated rings. The van der Waals surface area contributed by atoms with Crippen LogP contribution >= 0.6 is 0 Å². The van der Waals surface area contributed by atoms with Crippen LogP contribution < -0.4 is 10.5 Å². The molecule has 0 radical (unpaired) electrons. The minimum atomic E-state index is -0.890. The molecule has 16 heavy (non-hydrogen) atoms. The second kappa shape index (κ2) is 5.16. The number of nitrogens with two attached hydrogens (primary N) is 1. The molecule has 3 N–H and O–H groups in total. The fourth-order valence-corrected chi connectivity index (χ4v) is 1.12. The van der Waals surface area contributed by atoms with Crippen molar-refractivity contribution in [3.8, 4) is 5.75 Å². The van der Waals surface area contributed by atoms with Crippen molar-refractivity contribution >= 4 is 11.9 Å². The van der Waals surface area contributed by atoms with Gasteiger partial charge in [-0.05, 0) is 24.6 Å². The Balaban J connectivity index is 2.64. The minimum absolute atomic E-state index is 0.0361. The monoisotopic (exact) mass is 223 g/mol. The van der Waals surface area contributed by atoms with Gasteiger partial charge in [-0.3, -0.25) is 9.59 Å². The zero-order valence-corrected chi connectivity index (χ0v) is 8.84. The first-order valence-electron chi connectivity index (χ1n) is 4.75. The van der Waals surface area contributed by atoms with Gasteiger partial charge in [-0.2, -0.15) is 0 Å². The first-order valence-corrected chi connectivity index (χ1v) is 4.75. The zero-order valence-electron chi connectivity index (χ0n) is 8.84. The van der Waals surface area contributed by atoms with E-state index >= 15 is 0 Å². The highest BCUT2D eigenvalue weighted by Crippen LogP contribution is 2.14. The summed E-state index contributed by atoms with van der Waals surface area (Å²) in [6.07, 6.45) is -0.739. The molecule has 5 heteroatoms. The van der Waals surface area contributed by atoms with Crippen LogP contribution in [0, 0.1) is 0 Å². The number of amides is 1. The van der Waals surface area contributed by atoms with E-state index in [1.54, 1.807) is 31.2 Å². The van der Waals surface area contributed by atoms with Crippen molar-refractivity contribution in [3.63, 3.8) is 0 Å². The predicted octanol–water partition coefficient (Wildman–Crippen LogP) is 0.566. The number of carboxylic acids is 1. The van der Waals surface area contributed by atoms with Gasteiger partial charge in [0.05, 0.1) is 6.42 Å². The lowest BCUT2D eigenvalue weighted by atomic mass is 10.1. The summed E-state index contributed by atoms with van der Waals surface area (Å²) in [5.74, 6) is -0.950. The predicted molar refractivity (Wildman–Crippen MR) is 57.1 cm³/mol. The molecule has 1 atom stereocenters. The molecule has 1 aromatic carbocycles.